The van der Waals surface area contributed by atoms with Crippen LogP contribution in [0.1, 0.15) is 17.3 Å². The third-order valence-corrected chi connectivity index (χ3v) is 4.12. The van der Waals surface area contributed by atoms with Gasteiger partial charge >= 0.3 is 5.97 Å². The van der Waals surface area contributed by atoms with Crippen molar-refractivity contribution >= 4 is 40.3 Å². The number of nitrogens with zero attached hydrogens (tertiary/aromatic N) is 1. The van der Waals surface area contributed by atoms with E-state index < -0.39 is 16.9 Å². The minimum atomic E-state index is -0.805. The van der Waals surface area contributed by atoms with Crippen LogP contribution in [0.25, 0.3) is 0 Å². The van der Waals surface area contributed by atoms with Gasteiger partial charge in [0.2, 0.25) is 0 Å². The van der Waals surface area contributed by atoms with Crippen molar-refractivity contribution in [1.29, 1.82) is 0 Å². The van der Waals surface area contributed by atoms with Crippen LogP contribution in [0.5, 0.6) is 11.6 Å². The Morgan fingerprint density at radius 2 is 2.17 bits per heavy atom. The number of esters is 1. The number of para-hydroxylation sites is 1. The number of alkyl halides is 1. The molecule has 2 N–H and O–H groups in total. The lowest BCUT2D eigenvalue weighted by Crippen LogP contribution is -2.08. The molecule has 1 aromatic carbocycles. The fraction of sp³-hybridized carbons (Fsp3) is 0.308. The lowest BCUT2D eigenvalue weighted by atomic mass is 10.2. The Balaban J connectivity index is 2.25. The standard InChI is InChI=1S/C13H16Cl2N3O4S/c1-2-20-13(19)10-5-3-4-6-11(10)22-12-9-23(21-8-7-14)17-18(15)16-12/h3-6,9,16-17H,2,7-8H2,1H3/q+1. The molecule has 1 aromatic heterocycles. The first-order valence-corrected chi connectivity index (χ1v) is 8.79. The summed E-state index contributed by atoms with van der Waals surface area (Å²) in [5.41, 5.74) is 0.318. The Labute approximate surface area is 145 Å². The van der Waals surface area contributed by atoms with E-state index in [1.165, 1.54) is 0 Å². The van der Waals surface area contributed by atoms with E-state index in [1.807, 2.05) is 0 Å². The second-order valence-electron chi connectivity index (χ2n) is 4.09. The van der Waals surface area contributed by atoms with Gasteiger partial charge in [-0.3, -0.25) is 0 Å². The summed E-state index contributed by atoms with van der Waals surface area (Å²) in [6.45, 7) is 2.37. The molecular formula is C13H16Cl2N3O4S+. The number of ether oxygens (including phenoxy) is 2. The maximum absolute atomic E-state index is 11.9. The molecule has 126 valence electrons. The predicted octanol–water partition coefficient (Wildman–Crippen LogP) is 3.66. The van der Waals surface area contributed by atoms with Crippen LogP contribution < -0.4 is 8.92 Å². The van der Waals surface area contributed by atoms with Gasteiger partial charge in [0.25, 0.3) is 22.2 Å². The van der Waals surface area contributed by atoms with E-state index in [9.17, 15) is 4.79 Å². The molecule has 0 amide bonds. The smallest absolute Gasteiger partial charge is 0.341 e. The Morgan fingerprint density at radius 1 is 1.39 bits per heavy atom. The summed E-state index contributed by atoms with van der Waals surface area (Å²) in [6, 6.07) is 6.76. The number of carbonyl (C=O) groups excluding carboxylic acids is 1. The lowest BCUT2D eigenvalue weighted by molar-refractivity contribution is 0.0523. The molecule has 10 heteroatoms. The molecule has 23 heavy (non-hydrogen) atoms. The summed E-state index contributed by atoms with van der Waals surface area (Å²) in [4.78, 5) is 11.9. The van der Waals surface area contributed by atoms with Gasteiger partial charge in [0.15, 0.2) is 0 Å². The van der Waals surface area contributed by atoms with Crippen LogP contribution in [0, 0.1) is 0 Å². The molecule has 0 aliphatic rings. The van der Waals surface area contributed by atoms with E-state index in [0.717, 1.165) is 4.32 Å². The average Bonchev–Trinajstić information content (AvgIpc) is 2.53. The number of rotatable bonds is 7. The van der Waals surface area contributed by atoms with Gasteiger partial charge in [-0.15, -0.1) is 15.8 Å². The topological polar surface area (TPSA) is 81.3 Å². The van der Waals surface area contributed by atoms with Crippen LogP contribution in [0.4, 0.5) is 0 Å². The zero-order valence-corrected chi connectivity index (χ0v) is 14.6. The van der Waals surface area contributed by atoms with E-state index in [0.29, 0.717) is 29.7 Å². The largest absolute Gasteiger partial charge is 0.462 e. The highest BCUT2D eigenvalue weighted by molar-refractivity contribution is 7.19. The van der Waals surface area contributed by atoms with Gasteiger partial charge < -0.3 is 9.47 Å². The van der Waals surface area contributed by atoms with Gasteiger partial charge in [-0.1, -0.05) is 20.9 Å². The molecule has 0 radical (unpaired) electrons. The van der Waals surface area contributed by atoms with E-state index in [-0.39, 0.29) is 6.61 Å². The summed E-state index contributed by atoms with van der Waals surface area (Å²) in [7, 11) is -0.805. The predicted molar refractivity (Wildman–Crippen MR) is 89.1 cm³/mol. The summed E-state index contributed by atoms with van der Waals surface area (Å²) in [5, 5.41) is 4.40. The van der Waals surface area contributed by atoms with Gasteiger partial charge in [-0.2, -0.15) is 0 Å². The number of aromatic nitrogens is 3. The number of carbonyl (C=O) groups is 1. The van der Waals surface area contributed by atoms with Crippen LogP contribution in [0.3, 0.4) is 0 Å². The van der Waals surface area contributed by atoms with Crippen molar-refractivity contribution in [2.45, 2.75) is 6.92 Å². The Kier molecular flexibility index (Phi) is 6.85. The van der Waals surface area contributed by atoms with Gasteiger partial charge in [0.05, 0.1) is 24.3 Å². The van der Waals surface area contributed by atoms with Crippen molar-refractivity contribution < 1.29 is 18.5 Å². The zero-order chi connectivity index (χ0) is 16.7. The van der Waals surface area contributed by atoms with Crippen LogP contribution in [0.15, 0.2) is 29.6 Å². The summed E-state index contributed by atoms with van der Waals surface area (Å²) < 4.78 is 20.1. The third-order valence-electron chi connectivity index (χ3n) is 2.48. The second-order valence-corrected chi connectivity index (χ2v) is 6.06. The molecule has 1 heterocycles. The van der Waals surface area contributed by atoms with Crippen molar-refractivity contribution in [2.24, 2.45) is 0 Å². The minimum absolute atomic E-state index is 0.281. The van der Waals surface area contributed by atoms with Crippen molar-refractivity contribution in [1.82, 2.24) is 13.9 Å². The number of benzene rings is 1. The highest BCUT2D eigenvalue weighted by Crippen LogP contribution is 2.26. The molecule has 0 spiro atoms. The normalized spacial score (nSPS) is 11.2. The SMILES string of the molecule is CCOC(=O)c1ccccc1Oc1c[s+](OCCCl)[nH]n(Cl)[nH]1. The summed E-state index contributed by atoms with van der Waals surface area (Å²) >= 11 is 11.5. The summed E-state index contributed by atoms with van der Waals surface area (Å²) in [6.07, 6.45) is 0. The molecule has 0 aliphatic heterocycles. The molecule has 0 aliphatic carbocycles. The van der Waals surface area contributed by atoms with Crippen molar-refractivity contribution in [2.75, 3.05) is 19.1 Å². The first-order chi connectivity index (χ1) is 11.1. The van der Waals surface area contributed by atoms with Gasteiger partial charge in [0.1, 0.15) is 17.9 Å². The van der Waals surface area contributed by atoms with E-state index >= 15 is 0 Å². The van der Waals surface area contributed by atoms with E-state index in [2.05, 4.69) is 9.59 Å². The number of H-pyrrole nitrogens is 2. The molecule has 7 nitrogen and oxygen atoms in total. The average molecular weight is 381 g/mol. The van der Waals surface area contributed by atoms with Gasteiger partial charge in [-0.25, -0.2) is 9.89 Å². The number of halogens is 2. The van der Waals surface area contributed by atoms with Gasteiger partial charge in [0, 0.05) is 0 Å². The van der Waals surface area contributed by atoms with Crippen molar-refractivity contribution in [3.63, 3.8) is 0 Å². The Morgan fingerprint density at radius 3 is 2.91 bits per heavy atom. The molecule has 1 unspecified atom stereocenters. The Hall–Kier alpha value is -1.61. The highest BCUT2D eigenvalue weighted by Gasteiger charge is 2.16. The Bertz CT molecular complexity index is 690. The monoisotopic (exact) mass is 380 g/mol. The summed E-state index contributed by atoms with van der Waals surface area (Å²) in [5.74, 6) is 0.556. The molecule has 1 atom stereocenters. The molecule has 2 rings (SSSR count). The fourth-order valence-corrected chi connectivity index (χ4v) is 3.02. The number of hydrogen-bond acceptors (Lipinski definition) is 4. The second kappa shape index (κ2) is 8.88. The molecule has 0 fully saturated rings. The van der Waals surface area contributed by atoms with E-state index in [1.54, 1.807) is 36.6 Å². The molecular weight excluding hydrogens is 365 g/mol. The quantitative estimate of drug-likeness (QED) is 0.436. The van der Waals surface area contributed by atoms with Gasteiger partial charge in [-0.05, 0) is 19.1 Å². The van der Waals surface area contributed by atoms with Crippen molar-refractivity contribution in [3.8, 4) is 11.6 Å². The third kappa shape index (κ3) is 5.21. The molecule has 0 bridgehead atoms. The first kappa shape index (κ1) is 17.7. The molecule has 2 aromatic rings. The molecule has 0 saturated carbocycles. The first-order valence-electron chi connectivity index (χ1n) is 6.71. The van der Waals surface area contributed by atoms with Crippen LogP contribution in [0.2, 0.25) is 0 Å². The number of nitrogens with one attached hydrogen (secondary N) is 2. The van der Waals surface area contributed by atoms with E-state index in [4.69, 9.17) is 37.0 Å². The van der Waals surface area contributed by atoms with Crippen molar-refractivity contribution in [3.05, 3.63) is 35.2 Å². The number of aromatic amines is 2. The maximum Gasteiger partial charge on any atom is 0.341 e. The minimum Gasteiger partial charge on any atom is -0.462 e. The van der Waals surface area contributed by atoms with Crippen LogP contribution >= 0.6 is 34.3 Å². The lowest BCUT2D eigenvalue weighted by Gasteiger charge is -2.09. The van der Waals surface area contributed by atoms with Crippen LogP contribution in [-0.4, -0.2) is 39.0 Å². The van der Waals surface area contributed by atoms with Crippen LogP contribution in [-0.2, 0) is 4.74 Å². The zero-order valence-electron chi connectivity index (χ0n) is 12.3. The fourth-order valence-electron chi connectivity index (χ4n) is 1.63. The highest BCUT2D eigenvalue weighted by atomic mass is 35.5. The molecule has 0 saturated heterocycles. The number of hydrogen-bond donors (Lipinski definition) is 2. The maximum atomic E-state index is 11.9.